The number of anilines is 2. The van der Waals surface area contributed by atoms with E-state index in [1.807, 2.05) is 17.9 Å². The molecule has 0 spiro atoms. The molecule has 180 valence electrons. The van der Waals surface area contributed by atoms with E-state index in [-0.39, 0.29) is 17.3 Å². The first kappa shape index (κ1) is 25.6. The predicted molar refractivity (Wildman–Crippen MR) is 129 cm³/mol. The van der Waals surface area contributed by atoms with Gasteiger partial charge in [-0.2, -0.15) is 9.97 Å². The molecule has 0 radical (unpaired) electrons. The summed E-state index contributed by atoms with van der Waals surface area (Å²) < 4.78 is 3.72. The number of nitrogens with zero attached hydrogens (tertiary/aromatic N) is 7. The predicted octanol–water partition coefficient (Wildman–Crippen LogP) is 4.31. The molecule has 3 heterocycles. The average molecular weight is 517 g/mol. The third-order valence-corrected chi connectivity index (χ3v) is 5.74. The molecular formula is C21H28Cl3N7O2. The number of esters is 1. The van der Waals surface area contributed by atoms with Crippen LogP contribution in [0.3, 0.4) is 0 Å². The van der Waals surface area contributed by atoms with Crippen LogP contribution in [0.25, 0.3) is 0 Å². The van der Waals surface area contributed by atoms with Crippen LogP contribution in [0.2, 0.25) is 0 Å². The number of ether oxygens (including phenoxy) is 1. The summed E-state index contributed by atoms with van der Waals surface area (Å²) in [6.45, 7) is 11.6. The van der Waals surface area contributed by atoms with Gasteiger partial charge < -0.3 is 14.5 Å². The molecule has 1 unspecified atom stereocenters. The number of halogens is 3. The Morgan fingerprint density at radius 2 is 1.94 bits per heavy atom. The van der Waals surface area contributed by atoms with E-state index < -0.39 is 9.90 Å². The maximum Gasteiger partial charge on any atom is 0.306 e. The molecule has 0 aromatic carbocycles. The summed E-state index contributed by atoms with van der Waals surface area (Å²) in [4.78, 5) is 38.1. The van der Waals surface area contributed by atoms with E-state index in [0.717, 1.165) is 12.2 Å². The van der Waals surface area contributed by atoms with Crippen molar-refractivity contribution in [1.29, 1.82) is 0 Å². The zero-order valence-corrected chi connectivity index (χ0v) is 21.6. The summed E-state index contributed by atoms with van der Waals surface area (Å²) in [5, 5.41) is 0. The molecule has 0 saturated carbocycles. The Bertz CT molecular complexity index is 1000. The molecule has 0 bridgehead atoms. The van der Waals surface area contributed by atoms with E-state index in [0.29, 0.717) is 43.7 Å². The SMILES string of the molecule is CCCC(=O)OC(C)c1nccc(N2CCN(c3nc(C)nc(C(Cl)(Cl)Cl)n3)CC2(C)C)n1. The van der Waals surface area contributed by atoms with Crippen LogP contribution in [0.15, 0.2) is 12.3 Å². The summed E-state index contributed by atoms with van der Waals surface area (Å²) >= 11 is 18.0. The lowest BCUT2D eigenvalue weighted by Crippen LogP contribution is -2.60. The van der Waals surface area contributed by atoms with Crippen molar-refractivity contribution in [3.63, 3.8) is 0 Å². The van der Waals surface area contributed by atoms with Gasteiger partial charge in [0, 0.05) is 32.3 Å². The number of hydrogen-bond acceptors (Lipinski definition) is 9. The van der Waals surface area contributed by atoms with Crippen LogP contribution in [-0.2, 0) is 13.3 Å². The van der Waals surface area contributed by atoms with Gasteiger partial charge in [-0.25, -0.2) is 15.0 Å². The standard InChI is InChI=1S/C21H28Cl3N7O2/c1-6-7-16(32)33-13(2)17-25-9-8-15(28-17)31-11-10-30(12-20(31,4)5)19-27-14(3)26-18(29-19)21(22,23)24/h8-9,13H,6-7,10-12H2,1-5H3. The normalized spacial score (nSPS) is 17.1. The summed E-state index contributed by atoms with van der Waals surface area (Å²) in [5.74, 6) is 2.02. The number of carbonyl (C=O) groups is 1. The van der Waals surface area contributed by atoms with Gasteiger partial charge in [0.05, 0.1) is 5.54 Å². The van der Waals surface area contributed by atoms with Gasteiger partial charge in [-0.1, -0.05) is 41.7 Å². The van der Waals surface area contributed by atoms with Gasteiger partial charge in [0.15, 0.2) is 17.8 Å². The first-order valence-corrected chi connectivity index (χ1v) is 11.9. The third kappa shape index (κ3) is 6.33. The lowest BCUT2D eigenvalue weighted by Gasteiger charge is -2.47. The van der Waals surface area contributed by atoms with Gasteiger partial charge >= 0.3 is 5.97 Å². The van der Waals surface area contributed by atoms with E-state index in [1.54, 1.807) is 20.0 Å². The van der Waals surface area contributed by atoms with E-state index in [2.05, 4.69) is 43.7 Å². The topological polar surface area (TPSA) is 97.2 Å². The molecule has 1 aliphatic rings. The Labute approximate surface area is 208 Å². The van der Waals surface area contributed by atoms with Crippen LogP contribution >= 0.6 is 34.8 Å². The van der Waals surface area contributed by atoms with E-state index >= 15 is 0 Å². The fourth-order valence-corrected chi connectivity index (χ4v) is 3.96. The van der Waals surface area contributed by atoms with Gasteiger partial charge in [0.2, 0.25) is 9.74 Å². The van der Waals surface area contributed by atoms with Crippen molar-refractivity contribution in [3.8, 4) is 0 Å². The zero-order chi connectivity index (χ0) is 24.4. The highest BCUT2D eigenvalue weighted by atomic mass is 35.6. The number of rotatable bonds is 6. The quantitative estimate of drug-likeness (QED) is 0.411. The molecule has 33 heavy (non-hydrogen) atoms. The van der Waals surface area contributed by atoms with Gasteiger partial charge in [0.1, 0.15) is 11.6 Å². The van der Waals surface area contributed by atoms with Crippen molar-refractivity contribution in [2.24, 2.45) is 0 Å². The molecule has 2 aromatic heterocycles. The van der Waals surface area contributed by atoms with Crippen molar-refractivity contribution in [3.05, 3.63) is 29.7 Å². The first-order chi connectivity index (χ1) is 15.4. The highest BCUT2D eigenvalue weighted by Crippen LogP contribution is 2.37. The van der Waals surface area contributed by atoms with Crippen molar-refractivity contribution in [2.75, 3.05) is 29.4 Å². The van der Waals surface area contributed by atoms with Crippen LogP contribution in [0.4, 0.5) is 11.8 Å². The minimum absolute atomic E-state index is 0.0993. The summed E-state index contributed by atoms with van der Waals surface area (Å²) in [6, 6.07) is 1.86. The molecule has 9 nitrogen and oxygen atoms in total. The number of hydrogen-bond donors (Lipinski definition) is 0. The Kier molecular flexibility index (Phi) is 7.86. The van der Waals surface area contributed by atoms with Crippen LogP contribution < -0.4 is 9.80 Å². The maximum atomic E-state index is 11.9. The molecular weight excluding hydrogens is 489 g/mol. The van der Waals surface area contributed by atoms with Crippen molar-refractivity contribution in [2.45, 2.75) is 62.9 Å². The minimum Gasteiger partial charge on any atom is -0.454 e. The molecule has 0 aliphatic carbocycles. The smallest absolute Gasteiger partial charge is 0.306 e. The third-order valence-electron chi connectivity index (χ3n) is 5.24. The fraction of sp³-hybridized carbons (Fsp3) is 0.619. The van der Waals surface area contributed by atoms with E-state index in [4.69, 9.17) is 39.5 Å². The molecule has 2 aromatic rings. The van der Waals surface area contributed by atoms with Gasteiger partial charge in [0.25, 0.3) is 0 Å². The lowest BCUT2D eigenvalue weighted by molar-refractivity contribution is -0.149. The summed E-state index contributed by atoms with van der Waals surface area (Å²) in [6.07, 6.45) is 2.26. The van der Waals surface area contributed by atoms with Crippen LogP contribution in [0.5, 0.6) is 0 Å². The molecule has 1 atom stereocenters. The number of aromatic nitrogens is 5. The average Bonchev–Trinajstić information content (AvgIpc) is 2.72. The fourth-order valence-electron chi connectivity index (χ4n) is 3.71. The lowest BCUT2D eigenvalue weighted by atomic mass is 9.99. The van der Waals surface area contributed by atoms with Crippen molar-refractivity contribution in [1.82, 2.24) is 24.9 Å². The van der Waals surface area contributed by atoms with Gasteiger partial charge in [-0.3, -0.25) is 4.79 Å². The van der Waals surface area contributed by atoms with Crippen LogP contribution in [-0.4, -0.2) is 56.1 Å². The van der Waals surface area contributed by atoms with Crippen molar-refractivity contribution >= 4 is 52.5 Å². The number of alkyl halides is 3. The Morgan fingerprint density at radius 1 is 1.21 bits per heavy atom. The Morgan fingerprint density at radius 3 is 2.58 bits per heavy atom. The number of piperazine rings is 1. The molecule has 0 N–H and O–H groups in total. The molecule has 12 heteroatoms. The highest BCUT2D eigenvalue weighted by Gasteiger charge is 2.37. The van der Waals surface area contributed by atoms with Gasteiger partial charge in [-0.05, 0) is 40.2 Å². The van der Waals surface area contributed by atoms with Crippen LogP contribution in [0, 0.1) is 6.92 Å². The largest absolute Gasteiger partial charge is 0.454 e. The minimum atomic E-state index is -1.73. The molecule has 0 amide bonds. The summed E-state index contributed by atoms with van der Waals surface area (Å²) in [7, 11) is 0. The number of aryl methyl sites for hydroxylation is 1. The Hall–Kier alpha value is -1.97. The monoisotopic (exact) mass is 515 g/mol. The molecule has 1 saturated heterocycles. The van der Waals surface area contributed by atoms with E-state index in [1.165, 1.54) is 0 Å². The molecule has 1 fully saturated rings. The van der Waals surface area contributed by atoms with Crippen molar-refractivity contribution < 1.29 is 9.53 Å². The molecule has 3 rings (SSSR count). The van der Waals surface area contributed by atoms with E-state index in [9.17, 15) is 4.79 Å². The first-order valence-electron chi connectivity index (χ1n) is 10.8. The van der Waals surface area contributed by atoms with Gasteiger partial charge in [-0.15, -0.1) is 0 Å². The second kappa shape index (κ2) is 10.1. The molecule has 1 aliphatic heterocycles. The maximum absolute atomic E-state index is 11.9. The highest BCUT2D eigenvalue weighted by molar-refractivity contribution is 6.66. The number of carbonyl (C=O) groups excluding carboxylic acids is 1. The second-order valence-electron chi connectivity index (χ2n) is 8.54. The van der Waals surface area contributed by atoms with Crippen LogP contribution in [0.1, 0.15) is 64.1 Å². The second-order valence-corrected chi connectivity index (χ2v) is 10.8. The zero-order valence-electron chi connectivity index (χ0n) is 19.3. The Balaban J connectivity index is 1.79. The summed E-state index contributed by atoms with van der Waals surface area (Å²) in [5.41, 5.74) is -0.327.